The van der Waals surface area contributed by atoms with E-state index in [9.17, 15) is 8.42 Å². The molecule has 0 saturated carbocycles. The Labute approximate surface area is 117 Å². The van der Waals surface area contributed by atoms with Crippen LogP contribution in [0.5, 0.6) is 0 Å². The van der Waals surface area contributed by atoms with E-state index >= 15 is 0 Å². The van der Waals surface area contributed by atoms with Gasteiger partial charge in [-0.25, -0.2) is 13.4 Å². The molecule has 8 heteroatoms. The summed E-state index contributed by atoms with van der Waals surface area (Å²) in [6.45, 7) is 0.916. The number of rotatable bonds is 5. The van der Waals surface area contributed by atoms with Crippen molar-refractivity contribution < 1.29 is 8.42 Å². The number of aromatic nitrogens is 2. The van der Waals surface area contributed by atoms with Gasteiger partial charge in [0.15, 0.2) is 10.2 Å². The van der Waals surface area contributed by atoms with Gasteiger partial charge < -0.3 is 5.32 Å². The maximum absolute atomic E-state index is 12.5. The predicted octanol–water partition coefficient (Wildman–Crippen LogP) is 0.828. The van der Waals surface area contributed by atoms with Crippen LogP contribution in [0, 0.1) is 0 Å². The van der Waals surface area contributed by atoms with Crippen molar-refractivity contribution in [3.05, 3.63) is 29.5 Å². The quantitative estimate of drug-likeness (QED) is 0.888. The highest BCUT2D eigenvalue weighted by atomic mass is 35.5. The van der Waals surface area contributed by atoms with Gasteiger partial charge in [-0.2, -0.15) is 4.31 Å². The molecule has 0 saturated heterocycles. The van der Waals surface area contributed by atoms with Crippen LogP contribution in [0.15, 0.2) is 29.4 Å². The van der Waals surface area contributed by atoms with E-state index in [4.69, 9.17) is 11.6 Å². The van der Waals surface area contributed by atoms with Crippen LogP contribution >= 0.6 is 11.6 Å². The van der Waals surface area contributed by atoms with E-state index in [0.29, 0.717) is 18.7 Å². The van der Waals surface area contributed by atoms with Gasteiger partial charge in [-0.15, -0.1) is 0 Å². The second-order valence-corrected chi connectivity index (χ2v) is 6.38. The first-order valence-electron chi connectivity index (χ1n) is 5.72. The molecule has 104 valence electrons. The largest absolute Gasteiger partial charge is 0.318 e. The topological polar surface area (TPSA) is 66.7 Å². The fourth-order valence-corrected chi connectivity index (χ4v) is 3.47. The summed E-state index contributed by atoms with van der Waals surface area (Å²) in [5, 5.41) is 2.90. The Hall–Kier alpha value is -1.15. The summed E-state index contributed by atoms with van der Waals surface area (Å²) in [5.41, 5.74) is 0.507. The third-order valence-corrected chi connectivity index (χ3v) is 5.04. The first-order valence-corrected chi connectivity index (χ1v) is 7.54. The maximum atomic E-state index is 12.5. The number of halogens is 1. The molecule has 0 fully saturated rings. The fraction of sp³-hybridized carbons (Fsp3) is 0.364. The fourth-order valence-electron chi connectivity index (χ4n) is 1.71. The number of nitrogens with zero attached hydrogens (tertiary/aromatic N) is 3. The van der Waals surface area contributed by atoms with E-state index < -0.39 is 10.0 Å². The molecule has 6 nitrogen and oxygen atoms in total. The van der Waals surface area contributed by atoms with Crippen LogP contribution in [0.1, 0.15) is 0 Å². The molecule has 19 heavy (non-hydrogen) atoms. The summed E-state index contributed by atoms with van der Waals surface area (Å²) >= 11 is 5.98. The lowest BCUT2D eigenvalue weighted by molar-refractivity contribution is 0.462. The van der Waals surface area contributed by atoms with Crippen LogP contribution < -0.4 is 5.32 Å². The van der Waals surface area contributed by atoms with Crippen molar-refractivity contribution >= 4 is 27.3 Å². The van der Waals surface area contributed by atoms with Gasteiger partial charge in [-0.1, -0.05) is 17.7 Å². The predicted molar refractivity (Wildman–Crippen MR) is 73.9 cm³/mol. The summed E-state index contributed by atoms with van der Waals surface area (Å²) < 4.78 is 27.7. The molecule has 2 aromatic rings. The monoisotopic (exact) mass is 302 g/mol. The lowest BCUT2D eigenvalue weighted by atomic mass is 10.5. The molecule has 0 amide bonds. The molecule has 2 heterocycles. The molecule has 2 rings (SSSR count). The Morgan fingerprint density at radius 3 is 2.89 bits per heavy atom. The second-order valence-electron chi connectivity index (χ2n) is 4.07. The lowest BCUT2D eigenvalue weighted by Crippen LogP contribution is -2.33. The molecule has 0 aliphatic rings. The van der Waals surface area contributed by atoms with Gasteiger partial charge in [-0.05, 0) is 19.2 Å². The molecule has 0 bridgehead atoms. The van der Waals surface area contributed by atoms with E-state index in [0.717, 1.165) is 0 Å². The molecule has 1 N–H and O–H groups in total. The third-order valence-electron chi connectivity index (χ3n) is 2.78. The number of sulfonamides is 1. The summed E-state index contributed by atoms with van der Waals surface area (Å²) in [4.78, 5) is 4.05. The number of nitrogens with one attached hydrogen (secondary N) is 1. The van der Waals surface area contributed by atoms with Crippen molar-refractivity contribution in [2.75, 3.05) is 27.2 Å². The highest BCUT2D eigenvalue weighted by molar-refractivity contribution is 7.89. The zero-order chi connectivity index (χ0) is 14.0. The van der Waals surface area contributed by atoms with Crippen molar-refractivity contribution in [2.45, 2.75) is 5.03 Å². The summed E-state index contributed by atoms with van der Waals surface area (Å²) in [6, 6.07) is 5.22. The summed E-state index contributed by atoms with van der Waals surface area (Å²) in [7, 11) is -0.379. The number of pyridine rings is 1. The molecule has 0 aliphatic carbocycles. The van der Waals surface area contributed by atoms with Crippen LogP contribution in [0.2, 0.25) is 5.15 Å². The average Bonchev–Trinajstić information content (AvgIpc) is 2.72. The van der Waals surface area contributed by atoms with Crippen molar-refractivity contribution in [1.82, 2.24) is 19.0 Å². The van der Waals surface area contributed by atoms with Crippen LogP contribution in [-0.4, -0.2) is 49.3 Å². The SMILES string of the molecule is CNCCN(C)S(=O)(=O)c1c(Cl)nc2ccccn12. The van der Waals surface area contributed by atoms with E-state index in [-0.39, 0.29) is 10.2 Å². The van der Waals surface area contributed by atoms with E-state index in [1.165, 1.54) is 15.8 Å². The number of imidazole rings is 1. The molecule has 0 spiro atoms. The van der Waals surface area contributed by atoms with Gasteiger partial charge in [0.1, 0.15) is 5.65 Å². The van der Waals surface area contributed by atoms with Crippen LogP contribution in [0.4, 0.5) is 0 Å². The Morgan fingerprint density at radius 1 is 1.47 bits per heavy atom. The van der Waals surface area contributed by atoms with Crippen molar-refractivity contribution in [1.29, 1.82) is 0 Å². The third kappa shape index (κ3) is 2.59. The summed E-state index contributed by atoms with van der Waals surface area (Å²) in [6.07, 6.45) is 1.63. The highest BCUT2D eigenvalue weighted by Crippen LogP contribution is 2.24. The molecule has 2 aromatic heterocycles. The molecular formula is C11H15ClN4O2S. The number of likely N-dealkylation sites (N-methyl/N-ethyl adjacent to an activating group) is 2. The smallest absolute Gasteiger partial charge is 0.262 e. The Bertz CT molecular complexity index is 683. The molecule has 0 aromatic carbocycles. The molecule has 0 atom stereocenters. The number of hydrogen-bond donors (Lipinski definition) is 1. The van der Waals surface area contributed by atoms with Crippen molar-refractivity contribution in [2.24, 2.45) is 0 Å². The molecular weight excluding hydrogens is 288 g/mol. The van der Waals surface area contributed by atoms with Gasteiger partial charge in [0.25, 0.3) is 10.0 Å². The average molecular weight is 303 g/mol. The lowest BCUT2D eigenvalue weighted by Gasteiger charge is -2.16. The Morgan fingerprint density at radius 2 is 2.21 bits per heavy atom. The van der Waals surface area contributed by atoms with Gasteiger partial charge >= 0.3 is 0 Å². The normalized spacial score (nSPS) is 12.4. The minimum absolute atomic E-state index is 0.00312. The number of hydrogen-bond acceptors (Lipinski definition) is 4. The Balaban J connectivity index is 2.51. The Kier molecular flexibility index (Phi) is 4.10. The number of fused-ring (bicyclic) bond motifs is 1. The first-order chi connectivity index (χ1) is 8.98. The van der Waals surface area contributed by atoms with Gasteiger partial charge in [0, 0.05) is 26.3 Å². The van der Waals surface area contributed by atoms with E-state index in [1.807, 2.05) is 0 Å². The minimum atomic E-state index is -3.66. The van der Waals surface area contributed by atoms with E-state index in [1.54, 1.807) is 31.4 Å². The minimum Gasteiger partial charge on any atom is -0.318 e. The second kappa shape index (κ2) is 5.46. The van der Waals surface area contributed by atoms with Crippen molar-refractivity contribution in [3.8, 4) is 0 Å². The zero-order valence-electron chi connectivity index (χ0n) is 10.7. The van der Waals surface area contributed by atoms with Crippen LogP contribution in [0.25, 0.3) is 5.65 Å². The molecule has 0 unspecified atom stereocenters. The van der Waals surface area contributed by atoms with Gasteiger partial charge in [0.05, 0.1) is 0 Å². The van der Waals surface area contributed by atoms with E-state index in [2.05, 4.69) is 10.3 Å². The first kappa shape index (κ1) is 14.3. The van der Waals surface area contributed by atoms with Crippen molar-refractivity contribution in [3.63, 3.8) is 0 Å². The highest BCUT2D eigenvalue weighted by Gasteiger charge is 2.28. The zero-order valence-corrected chi connectivity index (χ0v) is 12.2. The maximum Gasteiger partial charge on any atom is 0.262 e. The van der Waals surface area contributed by atoms with Crippen LogP contribution in [0.3, 0.4) is 0 Å². The standard InChI is InChI=1S/C11H15ClN4O2S/c1-13-6-8-15(2)19(17,18)11-10(12)14-9-5-3-4-7-16(9)11/h3-5,7,13H,6,8H2,1-2H3. The summed E-state index contributed by atoms with van der Waals surface area (Å²) in [5.74, 6) is 0. The van der Waals surface area contributed by atoms with Gasteiger partial charge in [0.2, 0.25) is 0 Å². The molecule has 0 radical (unpaired) electrons. The molecule has 0 aliphatic heterocycles. The van der Waals surface area contributed by atoms with Crippen LogP contribution in [-0.2, 0) is 10.0 Å². The van der Waals surface area contributed by atoms with Gasteiger partial charge in [-0.3, -0.25) is 4.40 Å².